The summed E-state index contributed by atoms with van der Waals surface area (Å²) in [6.45, 7) is 2.27. The number of carboxylic acid groups (broad SMARTS) is 1. The number of rotatable bonds is 6. The van der Waals surface area contributed by atoms with Crippen LogP contribution in [0.1, 0.15) is 40.7 Å². The summed E-state index contributed by atoms with van der Waals surface area (Å²) in [5.41, 5.74) is 4.26. The summed E-state index contributed by atoms with van der Waals surface area (Å²) in [4.78, 5) is 38.8. The lowest BCUT2D eigenvalue weighted by Crippen LogP contribution is -2.61. The van der Waals surface area contributed by atoms with Gasteiger partial charge in [-0.25, -0.2) is 4.79 Å². The van der Waals surface area contributed by atoms with Crippen LogP contribution in [0.3, 0.4) is 0 Å². The highest BCUT2D eigenvalue weighted by Gasteiger charge is 2.50. The molecular weight excluding hydrogens is 444 g/mol. The lowest BCUT2D eigenvalue weighted by Gasteiger charge is -2.46. The third kappa shape index (κ3) is 3.93. The summed E-state index contributed by atoms with van der Waals surface area (Å²) >= 11 is 0. The van der Waals surface area contributed by atoms with Gasteiger partial charge in [0.2, 0.25) is 0 Å². The number of ether oxygens (including phenoxy) is 1. The van der Waals surface area contributed by atoms with E-state index in [0.29, 0.717) is 17.7 Å². The first kappa shape index (κ1) is 22.7. The molecule has 35 heavy (non-hydrogen) atoms. The molecule has 1 saturated heterocycles. The summed E-state index contributed by atoms with van der Waals surface area (Å²) in [5.74, 6) is -1.27. The van der Waals surface area contributed by atoms with Gasteiger partial charge in [-0.05, 0) is 40.8 Å². The zero-order valence-corrected chi connectivity index (χ0v) is 19.4. The molecule has 0 atom stereocenters. The Kier molecular flexibility index (Phi) is 5.76. The van der Waals surface area contributed by atoms with Crippen molar-refractivity contribution < 1.29 is 24.2 Å². The van der Waals surface area contributed by atoms with Crippen LogP contribution in [0.15, 0.2) is 72.8 Å². The van der Waals surface area contributed by atoms with Crippen LogP contribution < -0.4 is 5.32 Å². The highest BCUT2D eigenvalue weighted by atomic mass is 16.5. The van der Waals surface area contributed by atoms with Gasteiger partial charge in [0.1, 0.15) is 12.0 Å². The van der Waals surface area contributed by atoms with E-state index in [9.17, 15) is 19.5 Å². The fourth-order valence-electron chi connectivity index (χ4n) is 5.03. The largest absolute Gasteiger partial charge is 0.481 e. The van der Waals surface area contributed by atoms with Crippen molar-refractivity contribution in [3.8, 4) is 11.1 Å². The number of hydrogen-bond acceptors (Lipinski definition) is 4. The fraction of sp³-hybridized carbons (Fsp3) is 0.250. The second-order valence-electron chi connectivity index (χ2n) is 9.10. The predicted molar refractivity (Wildman–Crippen MR) is 131 cm³/mol. The van der Waals surface area contributed by atoms with Crippen LogP contribution >= 0.6 is 0 Å². The van der Waals surface area contributed by atoms with Crippen LogP contribution in [0.2, 0.25) is 0 Å². The van der Waals surface area contributed by atoms with Crippen LogP contribution in [-0.2, 0) is 9.53 Å². The molecule has 2 N–H and O–H groups in total. The number of amides is 2. The number of anilines is 1. The predicted octanol–water partition coefficient (Wildman–Crippen LogP) is 4.98. The number of hydrogen-bond donors (Lipinski definition) is 2. The van der Waals surface area contributed by atoms with Crippen LogP contribution in [0, 0.1) is 5.41 Å². The third-order valence-corrected chi connectivity index (χ3v) is 7.14. The number of para-hydroxylation sites is 1. The number of carbonyl (C=O) groups excluding carboxylic acids is 2. The van der Waals surface area contributed by atoms with Crippen molar-refractivity contribution in [2.24, 2.45) is 5.41 Å². The molecule has 0 radical (unpaired) electrons. The van der Waals surface area contributed by atoms with E-state index in [1.54, 1.807) is 24.3 Å². The van der Waals surface area contributed by atoms with Crippen LogP contribution in [0.4, 0.5) is 10.5 Å². The van der Waals surface area contributed by atoms with E-state index in [0.717, 1.165) is 22.3 Å². The average Bonchev–Trinajstić information content (AvgIpc) is 3.16. The average molecular weight is 471 g/mol. The van der Waals surface area contributed by atoms with Gasteiger partial charge in [0, 0.05) is 19.0 Å². The fourth-order valence-corrected chi connectivity index (χ4v) is 5.03. The van der Waals surface area contributed by atoms with E-state index in [1.165, 1.54) is 4.90 Å². The van der Waals surface area contributed by atoms with Crippen LogP contribution in [-0.4, -0.2) is 47.7 Å². The van der Waals surface area contributed by atoms with Gasteiger partial charge in [-0.3, -0.25) is 14.9 Å². The second-order valence-corrected chi connectivity index (χ2v) is 9.10. The van der Waals surface area contributed by atoms with Crippen molar-refractivity contribution >= 4 is 23.7 Å². The first-order valence-corrected chi connectivity index (χ1v) is 11.7. The molecule has 3 aromatic carbocycles. The monoisotopic (exact) mass is 470 g/mol. The Morgan fingerprint density at radius 3 is 2.11 bits per heavy atom. The quantitative estimate of drug-likeness (QED) is 0.530. The Hall–Kier alpha value is -4.13. The molecule has 1 fully saturated rings. The van der Waals surface area contributed by atoms with Crippen LogP contribution in [0.25, 0.3) is 11.1 Å². The number of nitrogens with zero attached hydrogens (tertiary/aromatic N) is 1. The number of carbonyl (C=O) groups is 3. The Labute approximate surface area is 203 Å². The van der Waals surface area contributed by atoms with Crippen molar-refractivity contribution in [1.82, 2.24) is 4.90 Å². The van der Waals surface area contributed by atoms with Gasteiger partial charge in [0.15, 0.2) is 0 Å². The molecule has 0 saturated carbocycles. The molecule has 0 spiro atoms. The highest BCUT2D eigenvalue weighted by molar-refractivity contribution is 6.03. The van der Waals surface area contributed by atoms with E-state index in [2.05, 4.69) is 29.6 Å². The van der Waals surface area contributed by atoms with E-state index >= 15 is 0 Å². The summed E-state index contributed by atoms with van der Waals surface area (Å²) < 4.78 is 5.61. The zero-order valence-electron chi connectivity index (χ0n) is 19.4. The minimum atomic E-state index is -0.898. The molecule has 1 heterocycles. The summed E-state index contributed by atoms with van der Waals surface area (Å²) in [5, 5.41) is 12.2. The lowest BCUT2D eigenvalue weighted by molar-refractivity contribution is -0.158. The van der Waals surface area contributed by atoms with Crippen molar-refractivity contribution in [3.05, 3.63) is 89.5 Å². The van der Waals surface area contributed by atoms with Crippen LogP contribution in [0.5, 0.6) is 0 Å². The molecule has 5 rings (SSSR count). The molecule has 1 aliphatic heterocycles. The van der Waals surface area contributed by atoms with Gasteiger partial charge in [0.25, 0.3) is 5.91 Å². The highest BCUT2D eigenvalue weighted by Crippen LogP contribution is 2.44. The zero-order chi connectivity index (χ0) is 24.6. The number of fused-ring (bicyclic) bond motifs is 3. The Morgan fingerprint density at radius 2 is 1.51 bits per heavy atom. The van der Waals surface area contributed by atoms with Crippen molar-refractivity contribution in [1.29, 1.82) is 0 Å². The molecule has 7 nitrogen and oxygen atoms in total. The van der Waals surface area contributed by atoms with Gasteiger partial charge in [0.05, 0.1) is 11.3 Å². The van der Waals surface area contributed by atoms with E-state index in [4.69, 9.17) is 4.74 Å². The Bertz CT molecular complexity index is 1270. The molecule has 0 aromatic heterocycles. The SMILES string of the molecule is CCC1(C(=O)O)CN(C(=O)c2ccccc2NC(=O)OCC2c3ccccc3-c3ccccc32)C1. The molecule has 3 aromatic rings. The van der Waals surface area contributed by atoms with Crippen molar-refractivity contribution in [3.63, 3.8) is 0 Å². The minimum absolute atomic E-state index is 0.0655. The Morgan fingerprint density at radius 1 is 0.943 bits per heavy atom. The number of likely N-dealkylation sites (tertiary alicyclic amines) is 1. The molecule has 178 valence electrons. The lowest BCUT2D eigenvalue weighted by atomic mass is 9.77. The molecule has 0 unspecified atom stereocenters. The smallest absolute Gasteiger partial charge is 0.411 e. The van der Waals surface area contributed by atoms with Gasteiger partial charge in [-0.2, -0.15) is 0 Å². The standard InChI is InChI=1S/C28H26N2O5/c1-2-28(26(32)33)16-30(17-28)25(31)22-13-7-8-14-24(22)29-27(34)35-15-23-20-11-5-3-9-18(20)19-10-4-6-12-21(19)23/h3-14,23H,2,15-17H2,1H3,(H,29,34)(H,32,33). The van der Waals surface area contributed by atoms with Gasteiger partial charge in [-0.1, -0.05) is 67.6 Å². The maximum atomic E-state index is 13.0. The maximum absolute atomic E-state index is 13.0. The molecule has 7 heteroatoms. The van der Waals surface area contributed by atoms with Crippen molar-refractivity contribution in [2.45, 2.75) is 19.3 Å². The summed E-state index contributed by atoms with van der Waals surface area (Å²) in [6, 6.07) is 22.9. The molecule has 2 aliphatic rings. The van der Waals surface area contributed by atoms with E-state index < -0.39 is 17.5 Å². The molecule has 1 aliphatic carbocycles. The summed E-state index contributed by atoms with van der Waals surface area (Å²) in [6.07, 6.45) is -0.199. The maximum Gasteiger partial charge on any atom is 0.411 e. The van der Waals surface area contributed by atoms with E-state index in [1.807, 2.05) is 31.2 Å². The summed E-state index contributed by atoms with van der Waals surface area (Å²) in [7, 11) is 0. The van der Waals surface area contributed by atoms with Gasteiger partial charge in [-0.15, -0.1) is 0 Å². The minimum Gasteiger partial charge on any atom is -0.481 e. The second kappa shape index (κ2) is 8.91. The van der Waals surface area contributed by atoms with Gasteiger partial charge >= 0.3 is 12.1 Å². The molecule has 2 amide bonds. The first-order chi connectivity index (χ1) is 16.9. The molecular formula is C28H26N2O5. The van der Waals surface area contributed by atoms with Crippen molar-refractivity contribution in [2.75, 3.05) is 25.0 Å². The number of nitrogens with one attached hydrogen (secondary N) is 1. The number of carboxylic acids is 1. The Balaban J connectivity index is 1.27. The molecule has 0 bridgehead atoms. The topological polar surface area (TPSA) is 95.9 Å². The van der Waals surface area contributed by atoms with E-state index in [-0.39, 0.29) is 31.5 Å². The third-order valence-electron chi connectivity index (χ3n) is 7.14. The normalized spacial score (nSPS) is 15.5. The number of benzene rings is 3. The number of aliphatic carboxylic acids is 1. The first-order valence-electron chi connectivity index (χ1n) is 11.7. The van der Waals surface area contributed by atoms with Gasteiger partial charge < -0.3 is 14.7 Å².